The van der Waals surface area contributed by atoms with Crippen molar-refractivity contribution in [3.63, 3.8) is 0 Å². The predicted molar refractivity (Wildman–Crippen MR) is 154 cm³/mol. The molecule has 3 aliphatic rings. The van der Waals surface area contributed by atoms with Gasteiger partial charge in [-0.2, -0.15) is 0 Å². The monoisotopic (exact) mass is 580 g/mol. The molecule has 42 heavy (non-hydrogen) atoms. The standard InChI is InChI=1S/C32H24N2O7S/c35-29-22-11-5-6-12-23(22)30(36)34(29)14-17-13-24-26(16-40-17)42-28(27(24)31(37)38)33-32(39)41-15-25-20-9-3-1-7-18(20)19-8-2-4-10-21(19)25/h1-12,17,25H,13-16H2,(H,33,39)(H,37,38). The zero-order valence-corrected chi connectivity index (χ0v) is 23.0. The largest absolute Gasteiger partial charge is 0.478 e. The Kier molecular flexibility index (Phi) is 6.37. The summed E-state index contributed by atoms with van der Waals surface area (Å²) in [5.74, 6) is -2.12. The molecule has 1 atom stereocenters. The van der Waals surface area contributed by atoms with E-state index < -0.39 is 30.0 Å². The lowest BCUT2D eigenvalue weighted by Crippen LogP contribution is -2.40. The van der Waals surface area contributed by atoms with Crippen molar-refractivity contribution in [3.8, 4) is 11.1 Å². The fraction of sp³-hybridized carbons (Fsp3) is 0.188. The van der Waals surface area contributed by atoms with Crippen LogP contribution >= 0.6 is 11.3 Å². The first kappa shape index (κ1) is 26.1. The second-order valence-electron chi connectivity index (χ2n) is 10.4. The van der Waals surface area contributed by atoms with Crippen molar-refractivity contribution < 1.29 is 33.8 Å². The summed E-state index contributed by atoms with van der Waals surface area (Å²) in [6.45, 7) is 0.190. The molecule has 3 aromatic carbocycles. The van der Waals surface area contributed by atoms with Crippen LogP contribution in [0.25, 0.3) is 11.1 Å². The third-order valence-electron chi connectivity index (χ3n) is 8.01. The summed E-state index contributed by atoms with van der Waals surface area (Å²) in [7, 11) is 0. The van der Waals surface area contributed by atoms with Gasteiger partial charge in [0.1, 0.15) is 11.6 Å². The number of carbonyl (C=O) groups excluding carboxylic acids is 3. The molecule has 7 rings (SSSR count). The van der Waals surface area contributed by atoms with Gasteiger partial charge in [0.2, 0.25) is 0 Å². The Balaban J connectivity index is 1.05. The van der Waals surface area contributed by atoms with Gasteiger partial charge in [-0.05, 0) is 39.9 Å². The molecule has 0 saturated carbocycles. The van der Waals surface area contributed by atoms with Crippen molar-refractivity contribution in [2.24, 2.45) is 0 Å². The van der Waals surface area contributed by atoms with Crippen LogP contribution in [0.4, 0.5) is 9.80 Å². The average Bonchev–Trinajstić information content (AvgIpc) is 3.60. The number of nitrogens with one attached hydrogen (secondary N) is 1. The molecule has 3 heterocycles. The van der Waals surface area contributed by atoms with Crippen molar-refractivity contribution >= 4 is 40.2 Å². The van der Waals surface area contributed by atoms with Crippen molar-refractivity contribution in [2.45, 2.75) is 25.0 Å². The minimum absolute atomic E-state index is 0.00413. The molecule has 2 N–H and O–H groups in total. The molecule has 0 radical (unpaired) electrons. The number of hydrogen-bond acceptors (Lipinski definition) is 7. The smallest absolute Gasteiger partial charge is 0.412 e. The van der Waals surface area contributed by atoms with E-state index in [0.717, 1.165) is 38.5 Å². The highest BCUT2D eigenvalue weighted by Crippen LogP contribution is 2.45. The van der Waals surface area contributed by atoms with Gasteiger partial charge in [0.15, 0.2) is 0 Å². The number of carboxylic acid groups (broad SMARTS) is 1. The summed E-state index contributed by atoms with van der Waals surface area (Å²) in [5, 5.41) is 12.9. The van der Waals surface area contributed by atoms with E-state index in [9.17, 15) is 24.3 Å². The first-order valence-electron chi connectivity index (χ1n) is 13.5. The fourth-order valence-electron chi connectivity index (χ4n) is 6.09. The molecule has 1 aromatic heterocycles. The van der Waals surface area contributed by atoms with Gasteiger partial charge in [-0.15, -0.1) is 11.3 Å². The van der Waals surface area contributed by atoms with Crippen molar-refractivity contribution in [3.05, 3.63) is 111 Å². The molecular formula is C32H24N2O7S. The van der Waals surface area contributed by atoms with Crippen molar-refractivity contribution in [2.75, 3.05) is 18.5 Å². The number of imide groups is 1. The maximum atomic E-state index is 12.9. The van der Waals surface area contributed by atoms with Crippen LogP contribution in [0.2, 0.25) is 0 Å². The summed E-state index contributed by atoms with van der Waals surface area (Å²) < 4.78 is 11.5. The number of rotatable bonds is 6. The quantitative estimate of drug-likeness (QED) is 0.287. The van der Waals surface area contributed by atoms with E-state index in [2.05, 4.69) is 5.32 Å². The van der Waals surface area contributed by atoms with E-state index in [1.807, 2.05) is 48.5 Å². The van der Waals surface area contributed by atoms with E-state index >= 15 is 0 Å². The van der Waals surface area contributed by atoms with Gasteiger partial charge in [-0.3, -0.25) is 19.8 Å². The normalized spacial score (nSPS) is 17.0. The Morgan fingerprint density at radius 1 is 0.905 bits per heavy atom. The number of benzene rings is 3. The number of thiophene rings is 1. The molecule has 0 bridgehead atoms. The molecule has 3 amide bonds. The van der Waals surface area contributed by atoms with E-state index in [1.54, 1.807) is 24.3 Å². The minimum Gasteiger partial charge on any atom is -0.478 e. The Morgan fingerprint density at radius 3 is 2.07 bits per heavy atom. The maximum absolute atomic E-state index is 12.9. The van der Waals surface area contributed by atoms with Crippen LogP contribution in [-0.4, -0.2) is 53.1 Å². The van der Waals surface area contributed by atoms with Gasteiger partial charge in [0.25, 0.3) is 11.8 Å². The highest BCUT2D eigenvalue weighted by molar-refractivity contribution is 7.17. The van der Waals surface area contributed by atoms with E-state index in [1.165, 1.54) is 0 Å². The fourth-order valence-corrected chi connectivity index (χ4v) is 7.22. The lowest BCUT2D eigenvalue weighted by Gasteiger charge is -2.26. The summed E-state index contributed by atoms with van der Waals surface area (Å²) in [6.07, 6.45) is -1.16. The van der Waals surface area contributed by atoms with Gasteiger partial charge in [0.05, 0.1) is 35.9 Å². The number of anilines is 1. The highest BCUT2D eigenvalue weighted by Gasteiger charge is 2.39. The summed E-state index contributed by atoms with van der Waals surface area (Å²) in [4.78, 5) is 52.7. The number of fused-ring (bicyclic) bond motifs is 5. The van der Waals surface area contributed by atoms with E-state index in [-0.39, 0.29) is 42.7 Å². The molecule has 9 nitrogen and oxygen atoms in total. The van der Waals surface area contributed by atoms with Crippen molar-refractivity contribution in [1.29, 1.82) is 0 Å². The maximum Gasteiger partial charge on any atom is 0.412 e. The van der Waals surface area contributed by atoms with Gasteiger partial charge in [-0.25, -0.2) is 9.59 Å². The number of hydrogen-bond donors (Lipinski definition) is 2. The predicted octanol–water partition coefficient (Wildman–Crippen LogP) is 5.54. The molecule has 0 spiro atoms. The summed E-state index contributed by atoms with van der Waals surface area (Å²) in [6, 6.07) is 22.6. The van der Waals surface area contributed by atoms with E-state index in [0.29, 0.717) is 21.6 Å². The van der Waals surface area contributed by atoms with Crippen LogP contribution in [-0.2, 0) is 22.5 Å². The third-order valence-corrected chi connectivity index (χ3v) is 9.13. The SMILES string of the molecule is O=C(Nc1sc2c(c1C(=O)O)CC(CN1C(=O)c3ccccc3C1=O)OC2)OCC1c2ccccc2-c2ccccc21. The molecular weight excluding hydrogens is 556 g/mol. The molecule has 0 fully saturated rings. The number of amides is 3. The Bertz CT molecular complexity index is 1710. The number of aromatic carboxylic acids is 1. The first-order valence-corrected chi connectivity index (χ1v) is 14.3. The third kappa shape index (κ3) is 4.27. The zero-order chi connectivity index (χ0) is 29.0. The molecule has 4 aromatic rings. The van der Waals surface area contributed by atoms with Crippen LogP contribution in [0.15, 0.2) is 72.8 Å². The number of ether oxygens (including phenoxy) is 2. The number of carbonyl (C=O) groups is 4. The lowest BCUT2D eigenvalue weighted by atomic mass is 9.98. The highest BCUT2D eigenvalue weighted by atomic mass is 32.1. The van der Waals surface area contributed by atoms with Crippen LogP contribution in [0.1, 0.15) is 58.6 Å². The van der Waals surface area contributed by atoms with Crippen molar-refractivity contribution in [1.82, 2.24) is 4.90 Å². The lowest BCUT2D eigenvalue weighted by molar-refractivity contribution is 0.00932. The minimum atomic E-state index is -1.19. The van der Waals surface area contributed by atoms with Crippen LogP contribution in [0, 0.1) is 0 Å². The second-order valence-corrected chi connectivity index (χ2v) is 11.5. The molecule has 1 aliphatic carbocycles. The Labute approximate surface area is 244 Å². The summed E-state index contributed by atoms with van der Waals surface area (Å²) >= 11 is 1.12. The Hall–Kier alpha value is -4.80. The van der Waals surface area contributed by atoms with Gasteiger partial charge >= 0.3 is 12.1 Å². The number of carboxylic acids is 1. The van der Waals surface area contributed by atoms with Crippen LogP contribution in [0.5, 0.6) is 0 Å². The van der Waals surface area contributed by atoms with Crippen LogP contribution in [0.3, 0.4) is 0 Å². The second kappa shape index (κ2) is 10.2. The average molecular weight is 581 g/mol. The van der Waals surface area contributed by atoms with Crippen LogP contribution < -0.4 is 5.32 Å². The first-order chi connectivity index (χ1) is 20.4. The van der Waals surface area contributed by atoms with Gasteiger partial charge < -0.3 is 14.6 Å². The number of nitrogens with zero attached hydrogens (tertiary/aromatic N) is 1. The van der Waals surface area contributed by atoms with Gasteiger partial charge in [-0.1, -0.05) is 60.7 Å². The van der Waals surface area contributed by atoms with Gasteiger partial charge in [0, 0.05) is 17.2 Å². The molecule has 2 aliphatic heterocycles. The molecule has 0 saturated heterocycles. The molecule has 1 unspecified atom stereocenters. The van der Waals surface area contributed by atoms with E-state index in [4.69, 9.17) is 9.47 Å². The zero-order valence-electron chi connectivity index (χ0n) is 22.2. The Morgan fingerprint density at radius 2 is 1.48 bits per heavy atom. The molecule has 10 heteroatoms. The molecule has 210 valence electrons. The summed E-state index contributed by atoms with van der Waals surface area (Å²) in [5.41, 5.74) is 5.55. The topological polar surface area (TPSA) is 122 Å².